The highest BCUT2D eigenvalue weighted by molar-refractivity contribution is 6.03. The van der Waals surface area contributed by atoms with Gasteiger partial charge in [-0.15, -0.1) is 6.42 Å². The number of fused-ring (bicyclic) bond motifs is 1. The molecular weight excluding hydrogens is 520 g/mol. The number of benzene rings is 2. The molecule has 212 valence electrons. The fourth-order valence-corrected chi connectivity index (χ4v) is 5.16. The Morgan fingerprint density at radius 2 is 2.05 bits per heavy atom. The molecule has 2 aliphatic rings. The van der Waals surface area contributed by atoms with Crippen molar-refractivity contribution in [3.05, 3.63) is 60.9 Å². The second-order valence-electron chi connectivity index (χ2n) is 9.98. The summed E-state index contributed by atoms with van der Waals surface area (Å²) in [5.74, 6) is 3.17. The minimum absolute atomic E-state index is 0.255. The molecule has 41 heavy (non-hydrogen) atoms. The van der Waals surface area contributed by atoms with Crippen molar-refractivity contribution in [2.45, 2.75) is 25.3 Å². The van der Waals surface area contributed by atoms with Crippen LogP contribution in [0.2, 0.25) is 0 Å². The topological polar surface area (TPSA) is 109 Å². The van der Waals surface area contributed by atoms with Crippen LogP contribution in [0.25, 0.3) is 10.9 Å². The van der Waals surface area contributed by atoms with Gasteiger partial charge in [0.15, 0.2) is 0 Å². The van der Waals surface area contributed by atoms with Gasteiger partial charge in [-0.05, 0) is 49.6 Å². The number of carbonyl (C=O) groups excluding carboxylic acids is 2. The van der Waals surface area contributed by atoms with E-state index < -0.39 is 6.04 Å². The Labute approximate surface area is 239 Å². The van der Waals surface area contributed by atoms with E-state index in [2.05, 4.69) is 38.0 Å². The molecule has 1 unspecified atom stereocenters. The lowest BCUT2D eigenvalue weighted by Gasteiger charge is -2.26. The summed E-state index contributed by atoms with van der Waals surface area (Å²) in [6.07, 6.45) is 10.4. The first kappa shape index (κ1) is 28.1. The van der Waals surface area contributed by atoms with Crippen molar-refractivity contribution >= 4 is 39.9 Å². The largest absolute Gasteiger partial charge is 0.491 e. The fourth-order valence-electron chi connectivity index (χ4n) is 5.16. The third-order valence-electron chi connectivity index (χ3n) is 7.28. The van der Waals surface area contributed by atoms with Gasteiger partial charge >= 0.3 is 0 Å². The van der Waals surface area contributed by atoms with Crippen LogP contribution < -0.4 is 15.4 Å². The highest BCUT2D eigenvalue weighted by atomic mass is 16.5. The molecule has 2 N–H and O–H groups in total. The predicted molar refractivity (Wildman–Crippen MR) is 158 cm³/mol. The second kappa shape index (κ2) is 13.3. The Morgan fingerprint density at radius 3 is 2.85 bits per heavy atom. The molecule has 1 atom stereocenters. The molecule has 10 nitrogen and oxygen atoms in total. The summed E-state index contributed by atoms with van der Waals surface area (Å²) in [7, 11) is 0. The van der Waals surface area contributed by atoms with Gasteiger partial charge < -0.3 is 25.0 Å². The van der Waals surface area contributed by atoms with E-state index in [1.165, 1.54) is 12.4 Å². The van der Waals surface area contributed by atoms with E-state index in [0.717, 1.165) is 56.9 Å². The first-order valence-electron chi connectivity index (χ1n) is 13.8. The van der Waals surface area contributed by atoms with E-state index in [1.807, 2.05) is 36.4 Å². The molecule has 2 aromatic carbocycles. The molecule has 1 aromatic heterocycles. The molecule has 10 heteroatoms. The van der Waals surface area contributed by atoms with Gasteiger partial charge in [0, 0.05) is 48.9 Å². The van der Waals surface area contributed by atoms with Crippen molar-refractivity contribution in [2.24, 2.45) is 0 Å². The summed E-state index contributed by atoms with van der Waals surface area (Å²) in [5.41, 5.74) is 2.66. The number of amides is 2. The third kappa shape index (κ3) is 6.82. The molecule has 2 amide bonds. The summed E-state index contributed by atoms with van der Waals surface area (Å²) in [6.45, 7) is 8.77. The zero-order chi connectivity index (χ0) is 28.6. The van der Waals surface area contributed by atoms with Gasteiger partial charge in [0.25, 0.3) is 0 Å². The molecule has 5 rings (SSSR count). The highest BCUT2D eigenvalue weighted by Gasteiger charge is 2.33. The first-order valence-corrected chi connectivity index (χ1v) is 13.8. The number of anilines is 3. The average Bonchev–Trinajstić information content (AvgIpc) is 3.50. The molecule has 0 bridgehead atoms. The van der Waals surface area contributed by atoms with E-state index in [1.54, 1.807) is 4.90 Å². The Hall–Kier alpha value is -4.46. The summed E-state index contributed by atoms with van der Waals surface area (Å²) in [5, 5.41) is 7.03. The molecule has 3 heterocycles. The number of aromatic nitrogens is 2. The van der Waals surface area contributed by atoms with Crippen LogP contribution in [0.3, 0.4) is 0 Å². The van der Waals surface area contributed by atoms with E-state index in [4.69, 9.17) is 15.9 Å². The van der Waals surface area contributed by atoms with Crippen LogP contribution in [0, 0.1) is 12.3 Å². The number of hydrogen-bond acceptors (Lipinski definition) is 8. The minimum Gasteiger partial charge on any atom is -0.491 e. The number of rotatable bonds is 10. The maximum absolute atomic E-state index is 13.4. The van der Waals surface area contributed by atoms with Gasteiger partial charge in [-0.2, -0.15) is 0 Å². The lowest BCUT2D eigenvalue weighted by Crippen LogP contribution is -2.42. The number of carbonyl (C=O) groups is 2. The van der Waals surface area contributed by atoms with Crippen molar-refractivity contribution in [2.75, 3.05) is 56.6 Å². The van der Waals surface area contributed by atoms with Crippen molar-refractivity contribution in [1.29, 1.82) is 0 Å². The highest BCUT2D eigenvalue weighted by Crippen LogP contribution is 2.34. The summed E-state index contributed by atoms with van der Waals surface area (Å²) in [4.78, 5) is 38.6. The van der Waals surface area contributed by atoms with E-state index in [9.17, 15) is 9.59 Å². The molecule has 2 fully saturated rings. The van der Waals surface area contributed by atoms with Crippen molar-refractivity contribution < 1.29 is 19.1 Å². The van der Waals surface area contributed by atoms with Crippen LogP contribution >= 0.6 is 0 Å². The molecule has 0 aliphatic carbocycles. The van der Waals surface area contributed by atoms with Gasteiger partial charge in [0.2, 0.25) is 11.8 Å². The van der Waals surface area contributed by atoms with E-state index in [0.29, 0.717) is 47.7 Å². The number of morpholine rings is 1. The number of likely N-dealkylation sites (tertiary alicyclic amines) is 1. The van der Waals surface area contributed by atoms with Crippen LogP contribution in [0.4, 0.5) is 17.2 Å². The van der Waals surface area contributed by atoms with Crippen molar-refractivity contribution in [1.82, 2.24) is 19.8 Å². The van der Waals surface area contributed by atoms with Gasteiger partial charge in [-0.25, -0.2) is 9.97 Å². The smallest absolute Gasteiger partial charge is 0.247 e. The van der Waals surface area contributed by atoms with Crippen molar-refractivity contribution in [3.8, 4) is 18.1 Å². The molecule has 3 aromatic rings. The first-order chi connectivity index (χ1) is 20.1. The number of nitrogens with zero attached hydrogens (tertiary/aromatic N) is 4. The fraction of sp³-hybridized carbons (Fsp3) is 0.355. The van der Waals surface area contributed by atoms with Crippen LogP contribution in [0.15, 0.2) is 55.4 Å². The molecule has 0 saturated carbocycles. The summed E-state index contributed by atoms with van der Waals surface area (Å²) in [6, 6.07) is 10.5. The molecule has 2 saturated heterocycles. The average molecular weight is 555 g/mol. The lowest BCUT2D eigenvalue weighted by atomic mass is 10.1. The molecule has 2 aliphatic heterocycles. The SMILES string of the molecule is C#Cc1cccc(Nc2ncnc3cc(OCCCN4CCOCC4)c(NC(=O)C4CCCN4C(=O)C=C)cc23)c1. The number of nitrogens with one attached hydrogen (secondary N) is 2. The minimum atomic E-state index is -0.582. The Kier molecular flexibility index (Phi) is 9.08. The zero-order valence-corrected chi connectivity index (χ0v) is 23.0. The normalized spacial score (nSPS) is 17.1. The van der Waals surface area contributed by atoms with Crippen LogP contribution in [-0.2, 0) is 14.3 Å². The maximum atomic E-state index is 13.4. The van der Waals surface area contributed by atoms with Gasteiger partial charge in [0.05, 0.1) is 31.0 Å². The lowest BCUT2D eigenvalue weighted by molar-refractivity contribution is -0.132. The van der Waals surface area contributed by atoms with Crippen LogP contribution in [0.5, 0.6) is 5.75 Å². The standard InChI is InChI=1S/C31H34N6O4/c1-3-22-8-5-9-23(18-22)34-30-24-19-26(35-31(39)27-10-6-12-37(27)29(38)4-2)28(20-25(24)32-21-33-30)41-15-7-11-36-13-16-40-17-14-36/h1,4-5,8-9,18-21,27H,2,6-7,10-17H2,(H,35,39)(H,32,33,34). The quantitative estimate of drug-likeness (QED) is 0.223. The molecule has 0 radical (unpaired) electrons. The zero-order valence-electron chi connectivity index (χ0n) is 23.0. The number of ether oxygens (including phenoxy) is 2. The third-order valence-corrected chi connectivity index (χ3v) is 7.28. The van der Waals surface area contributed by atoms with Gasteiger partial charge in [-0.3, -0.25) is 14.5 Å². The van der Waals surface area contributed by atoms with Gasteiger partial charge in [0.1, 0.15) is 23.9 Å². The Balaban J connectivity index is 1.41. The molecule has 0 spiro atoms. The second-order valence-corrected chi connectivity index (χ2v) is 9.98. The maximum Gasteiger partial charge on any atom is 0.247 e. The Bertz CT molecular complexity index is 1460. The monoisotopic (exact) mass is 554 g/mol. The van der Waals surface area contributed by atoms with E-state index >= 15 is 0 Å². The summed E-state index contributed by atoms with van der Waals surface area (Å²) >= 11 is 0. The predicted octanol–water partition coefficient (Wildman–Crippen LogP) is 3.57. The van der Waals surface area contributed by atoms with Crippen molar-refractivity contribution in [3.63, 3.8) is 0 Å². The molecular formula is C31H34N6O4. The van der Waals surface area contributed by atoms with Gasteiger partial charge in [-0.1, -0.05) is 18.6 Å². The van der Waals surface area contributed by atoms with Crippen LogP contribution in [-0.4, -0.2) is 83.6 Å². The summed E-state index contributed by atoms with van der Waals surface area (Å²) < 4.78 is 11.6. The Morgan fingerprint density at radius 1 is 1.20 bits per heavy atom. The van der Waals surface area contributed by atoms with Crippen LogP contribution in [0.1, 0.15) is 24.8 Å². The number of hydrogen-bond donors (Lipinski definition) is 2. The van der Waals surface area contributed by atoms with E-state index in [-0.39, 0.29) is 11.8 Å². The number of terminal acetylenes is 1.